The first kappa shape index (κ1) is 98.6. The van der Waals surface area contributed by atoms with E-state index in [1.54, 1.807) is 41.2 Å². The lowest BCUT2D eigenvalue weighted by molar-refractivity contribution is -0.139. The predicted octanol–water partition coefficient (Wildman–Crippen LogP) is 19.2. The summed E-state index contributed by atoms with van der Waals surface area (Å²) in [7, 11) is -4.33. The number of carbonyl (C=O) groups excluding carboxylic acids is 2. The average Bonchev–Trinajstić information content (AvgIpc) is 1.60. The van der Waals surface area contributed by atoms with Crippen LogP contribution in [0.25, 0.3) is 78.9 Å². The third-order valence-corrected chi connectivity index (χ3v) is 22.7. The molecule has 12 heterocycles. The Kier molecular flexibility index (Phi) is 29.2. The van der Waals surface area contributed by atoms with Crippen molar-refractivity contribution in [2.24, 2.45) is 0 Å². The summed E-state index contributed by atoms with van der Waals surface area (Å²) in [4.78, 5) is 48.8. The van der Waals surface area contributed by atoms with Gasteiger partial charge in [-0.05, 0) is 245 Å². The quantitative estimate of drug-likeness (QED) is 0.0377. The van der Waals surface area contributed by atoms with E-state index in [1.807, 2.05) is 61.5 Å². The molecule has 6 aromatic carbocycles. The summed E-state index contributed by atoms with van der Waals surface area (Å²) in [6.07, 6.45) is 2.41. The van der Waals surface area contributed by atoms with Crippen molar-refractivity contribution < 1.29 is 119 Å². The maximum Gasteiger partial charge on any atom is 0.492 e. The first-order valence-corrected chi connectivity index (χ1v) is 41.4. The summed E-state index contributed by atoms with van der Waals surface area (Å²) < 4.78 is 246. The zero-order chi connectivity index (χ0) is 97.2. The van der Waals surface area contributed by atoms with Crippen LogP contribution in [0.15, 0.2) is 253 Å². The van der Waals surface area contributed by atoms with Gasteiger partial charge in [-0.1, -0.05) is 36.4 Å². The van der Waals surface area contributed by atoms with Crippen molar-refractivity contribution in [2.45, 2.75) is 90.1 Å². The van der Waals surface area contributed by atoms with Crippen LogP contribution in [0.5, 0.6) is 0 Å². The molecule has 134 heavy (non-hydrogen) atoms. The lowest BCUT2D eigenvalue weighted by atomic mass is 9.49. The highest BCUT2D eigenvalue weighted by atomic mass is 79.9. The Morgan fingerprint density at radius 2 is 0.664 bits per heavy atom. The molecule has 2 amide bonds. The number of hydrogen-bond acceptors (Lipinski definition) is 16. The molecule has 0 aliphatic carbocycles. The molecule has 2 saturated heterocycles. The summed E-state index contributed by atoms with van der Waals surface area (Å²) in [5.74, 6) is -11.0. The Morgan fingerprint density at radius 1 is 0.366 bits per heavy atom. The fourth-order valence-electron chi connectivity index (χ4n) is 13.6. The number of benzene rings is 6. The van der Waals surface area contributed by atoms with Crippen LogP contribution in [0.2, 0.25) is 0 Å². The van der Waals surface area contributed by atoms with E-state index >= 15 is 0 Å². The summed E-state index contributed by atoms with van der Waals surface area (Å²) in [6, 6.07) is 41.1. The Morgan fingerprint density at radius 3 is 1.01 bits per heavy atom. The number of alkyl halides is 6. The fourth-order valence-corrected chi connectivity index (χ4v) is 14.3. The Balaban J connectivity index is 0.000000140. The number of halogens is 18. The van der Waals surface area contributed by atoms with Gasteiger partial charge < -0.3 is 49.3 Å². The number of fused-ring (bicyclic) bond motifs is 4. The lowest BCUT2D eigenvalue weighted by Gasteiger charge is -2.32. The van der Waals surface area contributed by atoms with Crippen molar-refractivity contribution in [2.75, 3.05) is 10.6 Å². The summed E-state index contributed by atoms with van der Waals surface area (Å²) >= 11 is 6.28. The molecule has 0 atom stereocenters. The zero-order valence-corrected chi connectivity index (χ0v) is 74.1. The summed E-state index contributed by atoms with van der Waals surface area (Å²) in [6.45, 7) is 16.2. The second kappa shape index (κ2) is 39.7. The Labute approximate surface area is 769 Å². The maximum atomic E-state index is 14.4. The number of nitrogens with zero attached hydrogens (tertiary/aromatic N) is 10. The number of aromatic nitrogens is 10. The smallest absolute Gasteiger partial charge is 0.423 e. The predicted molar refractivity (Wildman–Crippen MR) is 476 cm³/mol. The molecule has 0 bridgehead atoms. The highest BCUT2D eigenvalue weighted by Gasteiger charge is 2.64. The molecular formula is C90H70B4Br2F16N12O10. The molecule has 0 spiro atoms. The largest absolute Gasteiger partial charge is 0.492 e. The number of rotatable bonds is 12. The van der Waals surface area contributed by atoms with Gasteiger partial charge in [0, 0.05) is 74.9 Å². The van der Waals surface area contributed by atoms with Crippen molar-refractivity contribution in [3.8, 4) is 56.3 Å². The van der Waals surface area contributed by atoms with Crippen molar-refractivity contribution in [3.63, 3.8) is 0 Å². The van der Waals surface area contributed by atoms with E-state index in [9.17, 15) is 99.9 Å². The van der Waals surface area contributed by atoms with E-state index in [4.69, 9.17) is 18.6 Å². The standard InChI is InChI=1S/C26H14F6N4O.2C13H9BF2N2O2.C13H7BrF4N2O.C13H7BrF2N2.C12H24B2O4/c27-14-6-8-15(9-7-14)34-25(37)23-18(26(30,31)32)10-11-20(35-23)16-4-2-12-36-21(13-33-24(16)36)17-3-1-5-19(28)22(17)29;2*15-10-5-1-3-8(12(10)16)11-7-17-13-9(14(19)20)4-2-6-18(11)13;14-10-6-5-9(13(16,17)18)11(20-10)12(21)19-8-3-1-7(15)2-4-8;14-9-4-2-6-18-11(7-17-13(9)18)8-3-1-5-10(15)12(8)16;1-9(2)10(3,4)16-13(15-9)14-17-11(5,6)12(7,8)18-14/h1-13H,(H,34,37);2*1-7,19-20H;1-6H,(H,19,21);1-7H;1-8H3. The SMILES string of the molecule is CC1(C)OB(B2OC(C)(C)C(C)(C)O2)OC1(C)C.Fc1cccc(-c2cnc3c(Br)cccn23)c1F.O=C(Nc1ccc(F)cc1)c1nc(-c2cccn3c(-c4cccc(F)c4F)cnc23)ccc1C(F)(F)F.O=C(Nc1ccc(F)cc1)c1nc(Br)ccc1C(F)(F)F.OB(O)c1cccn2c(-c3cccc(F)c3F)cnc12.OB(O)c1cccn2c(-c3cccc(F)c3F)cnc12. The minimum Gasteiger partial charge on any atom is -0.423 e. The van der Waals surface area contributed by atoms with Crippen LogP contribution in [0, 0.1) is 58.2 Å². The molecule has 2 fully saturated rings. The molecule has 10 aromatic heterocycles. The Bertz CT molecular complexity index is 6860. The van der Waals surface area contributed by atoms with Crippen molar-refractivity contribution in [1.29, 1.82) is 0 Å². The minimum absolute atomic E-state index is 0.0141. The first-order valence-electron chi connectivity index (χ1n) is 39.8. The number of pyridine rings is 6. The van der Waals surface area contributed by atoms with Crippen LogP contribution in [0.3, 0.4) is 0 Å². The van der Waals surface area contributed by atoms with Crippen LogP contribution < -0.4 is 21.6 Å². The van der Waals surface area contributed by atoms with Crippen LogP contribution in [0.1, 0.15) is 87.5 Å². The van der Waals surface area contributed by atoms with Crippen LogP contribution >= 0.6 is 31.9 Å². The molecule has 18 rings (SSSR count). The first-order chi connectivity index (χ1) is 63.1. The van der Waals surface area contributed by atoms with Crippen LogP contribution in [-0.2, 0) is 31.0 Å². The minimum atomic E-state index is -4.89. The number of anilines is 2. The normalized spacial score (nSPS) is 14.0. The fraction of sp³-hybridized carbons (Fsp3) is 0.156. The van der Waals surface area contributed by atoms with Gasteiger partial charge >= 0.3 is 40.6 Å². The molecule has 6 N–H and O–H groups in total. The number of amides is 2. The van der Waals surface area contributed by atoms with Crippen LogP contribution in [0.4, 0.5) is 81.6 Å². The number of carbonyl (C=O) groups is 2. The Hall–Kier alpha value is -12.9. The van der Waals surface area contributed by atoms with Crippen molar-refractivity contribution in [1.82, 2.24) is 47.5 Å². The second-order valence-corrected chi connectivity index (χ2v) is 33.2. The van der Waals surface area contributed by atoms with Gasteiger partial charge in [0.15, 0.2) is 52.2 Å². The molecule has 44 heteroatoms. The van der Waals surface area contributed by atoms with Gasteiger partial charge in [-0.25, -0.2) is 73.8 Å². The van der Waals surface area contributed by atoms with E-state index in [0.29, 0.717) is 22.7 Å². The molecule has 0 radical (unpaired) electrons. The van der Waals surface area contributed by atoms with Gasteiger partial charge in [-0.15, -0.1) is 0 Å². The van der Waals surface area contributed by atoms with Gasteiger partial charge in [0.25, 0.3) is 11.8 Å². The average molecular weight is 1990 g/mol. The summed E-state index contributed by atoms with van der Waals surface area (Å²) in [5, 5.41) is 41.6. The maximum absolute atomic E-state index is 14.4. The molecule has 0 unspecified atom stereocenters. The third kappa shape index (κ3) is 21.3. The number of imidazole rings is 4. The van der Waals surface area contributed by atoms with Crippen molar-refractivity contribution in [3.05, 3.63) is 333 Å². The van der Waals surface area contributed by atoms with Gasteiger partial charge in [0.2, 0.25) is 0 Å². The molecular weight excluding hydrogens is 1920 g/mol. The van der Waals surface area contributed by atoms with Crippen LogP contribution in [-0.4, -0.2) is 130 Å². The molecule has 2 aliphatic heterocycles. The van der Waals surface area contributed by atoms with Crippen molar-refractivity contribution >= 4 is 117 Å². The lowest BCUT2D eigenvalue weighted by Crippen LogP contribution is -2.41. The third-order valence-electron chi connectivity index (χ3n) is 21.7. The highest BCUT2D eigenvalue weighted by molar-refractivity contribution is 9.10. The monoisotopic (exact) mass is 1980 g/mol. The van der Waals surface area contributed by atoms with Gasteiger partial charge in [0.1, 0.15) is 44.6 Å². The van der Waals surface area contributed by atoms with E-state index < -0.39 is 133 Å². The number of hydrogen-bond donors (Lipinski definition) is 6. The molecule has 2 aliphatic rings. The van der Waals surface area contributed by atoms with Gasteiger partial charge in [-0.3, -0.25) is 27.2 Å². The second-order valence-electron chi connectivity index (χ2n) is 31.5. The topological polar surface area (TPSA) is 271 Å². The van der Waals surface area contributed by atoms with E-state index in [-0.39, 0.29) is 105 Å². The molecule has 22 nitrogen and oxygen atoms in total. The number of nitrogens with one attached hydrogen (secondary N) is 2. The van der Waals surface area contributed by atoms with E-state index in [1.165, 1.54) is 141 Å². The molecule has 688 valence electrons. The van der Waals surface area contributed by atoms with E-state index in [0.717, 1.165) is 77.3 Å². The van der Waals surface area contributed by atoms with Gasteiger partial charge in [-0.2, -0.15) is 26.3 Å². The van der Waals surface area contributed by atoms with E-state index in [2.05, 4.69) is 72.4 Å². The zero-order valence-electron chi connectivity index (χ0n) is 70.9. The molecule has 0 saturated carbocycles. The van der Waals surface area contributed by atoms with Gasteiger partial charge in [0.05, 0.1) is 91.3 Å². The molecule has 16 aromatic rings. The highest BCUT2D eigenvalue weighted by Crippen LogP contribution is 2.44. The summed E-state index contributed by atoms with van der Waals surface area (Å²) in [5.41, 5.74) is -1.63.